The Hall–Kier alpha value is -1.81. The van der Waals surface area contributed by atoms with Crippen LogP contribution < -0.4 is 10.1 Å². The van der Waals surface area contributed by atoms with E-state index in [1.165, 1.54) is 5.56 Å². The Labute approximate surface area is 114 Å². The minimum atomic E-state index is 0.402. The van der Waals surface area contributed by atoms with Crippen molar-refractivity contribution in [3.63, 3.8) is 0 Å². The van der Waals surface area contributed by atoms with E-state index in [9.17, 15) is 0 Å². The maximum Gasteiger partial charge on any atom is 0.130 e. The Morgan fingerprint density at radius 3 is 2.63 bits per heavy atom. The molecule has 2 rings (SSSR count). The molecule has 0 fully saturated rings. The van der Waals surface area contributed by atoms with Crippen molar-refractivity contribution < 1.29 is 4.74 Å². The minimum absolute atomic E-state index is 0.402. The Bertz CT molecular complexity index is 502. The summed E-state index contributed by atoms with van der Waals surface area (Å²) >= 11 is 0. The molecule has 19 heavy (non-hydrogen) atoms. The summed E-state index contributed by atoms with van der Waals surface area (Å²) in [6.45, 7) is 5.69. The summed E-state index contributed by atoms with van der Waals surface area (Å²) in [6.07, 6.45) is 3.70. The van der Waals surface area contributed by atoms with Crippen LogP contribution in [0.25, 0.3) is 0 Å². The number of ether oxygens (including phenoxy) is 1. The molecule has 102 valence electrons. The number of nitrogens with zero attached hydrogens (tertiary/aromatic N) is 2. The number of hydrogen-bond donors (Lipinski definition) is 1. The molecular formula is C15H21N3O. The fourth-order valence-electron chi connectivity index (χ4n) is 1.97. The van der Waals surface area contributed by atoms with E-state index in [0.717, 1.165) is 18.0 Å². The first-order chi connectivity index (χ1) is 9.20. The van der Waals surface area contributed by atoms with Gasteiger partial charge >= 0.3 is 0 Å². The topological polar surface area (TPSA) is 39.1 Å². The van der Waals surface area contributed by atoms with Crippen LogP contribution in [0.3, 0.4) is 0 Å². The first kappa shape index (κ1) is 13.6. The van der Waals surface area contributed by atoms with Gasteiger partial charge < -0.3 is 14.6 Å². The summed E-state index contributed by atoms with van der Waals surface area (Å²) in [7, 11) is 1.94. The highest BCUT2D eigenvalue weighted by Gasteiger charge is 2.05. The van der Waals surface area contributed by atoms with Crippen LogP contribution in [0.1, 0.15) is 31.1 Å². The van der Waals surface area contributed by atoms with E-state index in [-0.39, 0.29) is 0 Å². The molecule has 0 atom stereocenters. The van der Waals surface area contributed by atoms with Gasteiger partial charge in [0.05, 0.1) is 18.2 Å². The second-order valence-corrected chi connectivity index (χ2v) is 4.85. The van der Waals surface area contributed by atoms with Crippen LogP contribution in [-0.4, -0.2) is 16.6 Å². The molecule has 0 amide bonds. The van der Waals surface area contributed by atoms with Crippen molar-refractivity contribution in [2.24, 2.45) is 0 Å². The highest BCUT2D eigenvalue weighted by molar-refractivity contribution is 5.27. The van der Waals surface area contributed by atoms with Gasteiger partial charge in [-0.3, -0.25) is 0 Å². The smallest absolute Gasteiger partial charge is 0.130 e. The summed E-state index contributed by atoms with van der Waals surface area (Å²) in [4.78, 5) is 4.17. The molecule has 0 aliphatic rings. The predicted octanol–water partition coefficient (Wildman–Crippen LogP) is 2.76. The van der Waals surface area contributed by atoms with E-state index in [0.29, 0.717) is 12.6 Å². The lowest BCUT2D eigenvalue weighted by Gasteiger charge is -2.12. The lowest BCUT2D eigenvalue weighted by atomic mass is 10.2. The second-order valence-electron chi connectivity index (χ2n) is 4.85. The van der Waals surface area contributed by atoms with Crippen LogP contribution in [0.2, 0.25) is 0 Å². The molecule has 1 aromatic carbocycles. The van der Waals surface area contributed by atoms with E-state index >= 15 is 0 Å². The highest BCUT2D eigenvalue weighted by atomic mass is 16.5. The van der Waals surface area contributed by atoms with E-state index < -0.39 is 0 Å². The van der Waals surface area contributed by atoms with Gasteiger partial charge in [-0.25, -0.2) is 4.98 Å². The SMILES string of the molecule is CNCc1ccc(OCc2cncn2C(C)C)cc1. The quantitative estimate of drug-likeness (QED) is 0.867. The summed E-state index contributed by atoms with van der Waals surface area (Å²) in [5, 5.41) is 3.13. The summed E-state index contributed by atoms with van der Waals surface area (Å²) in [5.41, 5.74) is 2.34. The normalized spacial score (nSPS) is 10.9. The Balaban J connectivity index is 1.96. The third-order valence-electron chi connectivity index (χ3n) is 2.99. The Kier molecular flexibility index (Phi) is 4.58. The van der Waals surface area contributed by atoms with Crippen LogP contribution in [0.15, 0.2) is 36.8 Å². The van der Waals surface area contributed by atoms with Crippen molar-refractivity contribution in [2.45, 2.75) is 33.0 Å². The number of benzene rings is 1. The number of rotatable bonds is 6. The third kappa shape index (κ3) is 3.58. The molecule has 0 unspecified atom stereocenters. The fourth-order valence-corrected chi connectivity index (χ4v) is 1.97. The maximum atomic E-state index is 5.79. The number of nitrogens with one attached hydrogen (secondary N) is 1. The van der Waals surface area contributed by atoms with Gasteiger partial charge in [0, 0.05) is 12.6 Å². The molecule has 1 heterocycles. The number of aromatic nitrogens is 2. The van der Waals surface area contributed by atoms with E-state index in [4.69, 9.17) is 4.74 Å². The molecule has 2 aromatic rings. The Morgan fingerprint density at radius 2 is 2.00 bits per heavy atom. The van der Waals surface area contributed by atoms with Crippen LogP contribution in [0, 0.1) is 0 Å². The molecule has 1 N–H and O–H groups in total. The van der Waals surface area contributed by atoms with Crippen LogP contribution in [-0.2, 0) is 13.2 Å². The third-order valence-corrected chi connectivity index (χ3v) is 2.99. The first-order valence-electron chi connectivity index (χ1n) is 6.57. The van der Waals surface area contributed by atoms with Crippen molar-refractivity contribution in [3.05, 3.63) is 48.0 Å². The van der Waals surface area contributed by atoms with Gasteiger partial charge in [0.15, 0.2) is 0 Å². The van der Waals surface area contributed by atoms with E-state index in [2.05, 4.69) is 40.8 Å². The van der Waals surface area contributed by atoms with E-state index in [1.807, 2.05) is 31.7 Å². The van der Waals surface area contributed by atoms with Gasteiger partial charge in [0.25, 0.3) is 0 Å². The first-order valence-corrected chi connectivity index (χ1v) is 6.57. The summed E-state index contributed by atoms with van der Waals surface area (Å²) in [5.74, 6) is 0.886. The molecule has 0 radical (unpaired) electrons. The highest BCUT2D eigenvalue weighted by Crippen LogP contribution is 2.15. The van der Waals surface area contributed by atoms with Gasteiger partial charge in [-0.15, -0.1) is 0 Å². The van der Waals surface area contributed by atoms with Crippen molar-refractivity contribution in [3.8, 4) is 5.75 Å². The van der Waals surface area contributed by atoms with Crippen LogP contribution in [0.5, 0.6) is 5.75 Å². The van der Waals surface area contributed by atoms with Crippen molar-refractivity contribution in [1.82, 2.24) is 14.9 Å². The van der Waals surface area contributed by atoms with Crippen molar-refractivity contribution in [2.75, 3.05) is 7.05 Å². The summed E-state index contributed by atoms with van der Waals surface area (Å²) in [6, 6.07) is 8.56. The molecule has 1 aromatic heterocycles. The second kappa shape index (κ2) is 6.38. The average Bonchev–Trinajstić information content (AvgIpc) is 2.87. The molecular weight excluding hydrogens is 238 g/mol. The lowest BCUT2D eigenvalue weighted by Crippen LogP contribution is -2.07. The molecule has 0 aliphatic heterocycles. The molecule has 4 nitrogen and oxygen atoms in total. The number of hydrogen-bond acceptors (Lipinski definition) is 3. The fraction of sp³-hybridized carbons (Fsp3) is 0.400. The molecule has 4 heteroatoms. The zero-order valence-corrected chi connectivity index (χ0v) is 11.8. The van der Waals surface area contributed by atoms with Gasteiger partial charge in [-0.2, -0.15) is 0 Å². The number of imidazole rings is 1. The van der Waals surface area contributed by atoms with Gasteiger partial charge in [0.1, 0.15) is 12.4 Å². The predicted molar refractivity (Wildman–Crippen MR) is 76.1 cm³/mol. The van der Waals surface area contributed by atoms with Crippen LogP contribution in [0.4, 0.5) is 0 Å². The molecule has 0 aliphatic carbocycles. The zero-order valence-electron chi connectivity index (χ0n) is 11.8. The lowest BCUT2D eigenvalue weighted by molar-refractivity contribution is 0.292. The molecule has 0 saturated carbocycles. The largest absolute Gasteiger partial charge is 0.487 e. The van der Waals surface area contributed by atoms with E-state index in [1.54, 1.807) is 0 Å². The van der Waals surface area contributed by atoms with Crippen LogP contribution >= 0.6 is 0 Å². The van der Waals surface area contributed by atoms with Crippen molar-refractivity contribution >= 4 is 0 Å². The molecule has 0 spiro atoms. The molecule has 0 bridgehead atoms. The van der Waals surface area contributed by atoms with Gasteiger partial charge in [0.2, 0.25) is 0 Å². The average molecular weight is 259 g/mol. The van der Waals surface area contributed by atoms with Gasteiger partial charge in [-0.1, -0.05) is 12.1 Å². The van der Waals surface area contributed by atoms with Gasteiger partial charge in [-0.05, 0) is 38.6 Å². The zero-order chi connectivity index (χ0) is 13.7. The summed E-state index contributed by atoms with van der Waals surface area (Å²) < 4.78 is 7.91. The maximum absolute atomic E-state index is 5.79. The van der Waals surface area contributed by atoms with Crippen molar-refractivity contribution in [1.29, 1.82) is 0 Å². The Morgan fingerprint density at radius 1 is 1.26 bits per heavy atom. The monoisotopic (exact) mass is 259 g/mol. The standard InChI is InChI=1S/C15H21N3O/c1-12(2)18-11-17-9-14(18)10-19-15-6-4-13(5-7-15)8-16-3/h4-7,9,11-12,16H,8,10H2,1-3H3. The minimum Gasteiger partial charge on any atom is -0.487 e. The molecule has 0 saturated heterocycles.